The van der Waals surface area contributed by atoms with Crippen LogP contribution in [-0.2, 0) is 16.1 Å². The van der Waals surface area contributed by atoms with Crippen LogP contribution in [0.1, 0.15) is 18.1 Å². The van der Waals surface area contributed by atoms with Crippen LogP contribution in [0.2, 0.25) is 0 Å². The van der Waals surface area contributed by atoms with E-state index in [2.05, 4.69) is 43.0 Å². The Morgan fingerprint density at radius 2 is 1.66 bits per heavy atom. The Morgan fingerprint density at radius 3 is 2.34 bits per heavy atom. The number of thioether (sulfide) groups is 1. The zero-order chi connectivity index (χ0) is 22.5. The Labute approximate surface area is 188 Å². The average molecular weight is 448 g/mol. The standard InChI is InChI=1S/C22H21N7O2S/c1-14-3-5-16(6-4-14)11-29-21-20(27-28-29)22(24-13-23-21)32-12-19(31)26-18-9-7-17(8-10-18)25-15(2)30/h3-10,13H,11-12H2,1-2H3,(H,25,30)(H,26,31). The number of aryl methyl sites for hydroxylation is 1. The number of hydrogen-bond acceptors (Lipinski definition) is 7. The van der Waals surface area contributed by atoms with Crippen molar-refractivity contribution in [2.24, 2.45) is 0 Å². The number of rotatable bonds is 7. The summed E-state index contributed by atoms with van der Waals surface area (Å²) in [4.78, 5) is 32.1. The Bertz CT molecular complexity index is 1250. The minimum atomic E-state index is -0.180. The van der Waals surface area contributed by atoms with Gasteiger partial charge in [-0.2, -0.15) is 0 Å². The zero-order valence-electron chi connectivity index (χ0n) is 17.6. The number of carbonyl (C=O) groups is 2. The molecule has 0 aliphatic carbocycles. The number of aromatic nitrogens is 5. The number of amides is 2. The molecule has 0 aliphatic heterocycles. The second kappa shape index (κ2) is 9.56. The molecule has 0 unspecified atom stereocenters. The van der Waals surface area contributed by atoms with Gasteiger partial charge in [0.25, 0.3) is 0 Å². The van der Waals surface area contributed by atoms with Gasteiger partial charge in [0.15, 0.2) is 11.2 Å². The van der Waals surface area contributed by atoms with Gasteiger partial charge in [0.2, 0.25) is 11.8 Å². The largest absolute Gasteiger partial charge is 0.326 e. The van der Waals surface area contributed by atoms with Gasteiger partial charge in [0.05, 0.1) is 12.3 Å². The van der Waals surface area contributed by atoms with Crippen molar-refractivity contribution in [2.45, 2.75) is 25.4 Å². The van der Waals surface area contributed by atoms with Crippen molar-refractivity contribution in [1.82, 2.24) is 25.0 Å². The van der Waals surface area contributed by atoms with Crippen molar-refractivity contribution in [3.63, 3.8) is 0 Å². The normalized spacial score (nSPS) is 10.8. The fourth-order valence-corrected chi connectivity index (χ4v) is 3.75. The van der Waals surface area contributed by atoms with Crippen molar-refractivity contribution < 1.29 is 9.59 Å². The maximum atomic E-state index is 12.4. The second-order valence-corrected chi connectivity index (χ2v) is 8.14. The number of nitrogens with zero attached hydrogens (tertiary/aromatic N) is 5. The number of hydrogen-bond donors (Lipinski definition) is 2. The SMILES string of the molecule is CC(=O)Nc1ccc(NC(=O)CSc2ncnc3c2nnn3Cc2ccc(C)cc2)cc1. The second-order valence-electron chi connectivity index (χ2n) is 7.18. The lowest BCUT2D eigenvalue weighted by molar-refractivity contribution is -0.114. The smallest absolute Gasteiger partial charge is 0.234 e. The quantitative estimate of drug-likeness (QED) is 0.330. The minimum absolute atomic E-state index is 0.148. The van der Waals surface area contributed by atoms with Gasteiger partial charge in [0.1, 0.15) is 11.4 Å². The molecule has 0 fully saturated rings. The highest BCUT2D eigenvalue weighted by atomic mass is 32.2. The first-order valence-corrected chi connectivity index (χ1v) is 10.9. The first-order chi connectivity index (χ1) is 15.5. The van der Waals surface area contributed by atoms with Crippen LogP contribution in [0.3, 0.4) is 0 Å². The van der Waals surface area contributed by atoms with E-state index in [-0.39, 0.29) is 17.6 Å². The van der Waals surface area contributed by atoms with Gasteiger partial charge in [-0.1, -0.05) is 46.8 Å². The van der Waals surface area contributed by atoms with Crippen molar-refractivity contribution in [3.05, 3.63) is 66.0 Å². The Morgan fingerprint density at radius 1 is 0.969 bits per heavy atom. The molecule has 162 valence electrons. The van der Waals surface area contributed by atoms with Crippen molar-refractivity contribution >= 4 is 46.1 Å². The van der Waals surface area contributed by atoms with Gasteiger partial charge in [-0.15, -0.1) is 5.10 Å². The third kappa shape index (κ3) is 5.27. The lowest BCUT2D eigenvalue weighted by Gasteiger charge is -2.07. The molecule has 9 nitrogen and oxygen atoms in total. The van der Waals surface area contributed by atoms with Crippen LogP contribution in [0.4, 0.5) is 11.4 Å². The van der Waals surface area contributed by atoms with Crippen LogP contribution in [0.25, 0.3) is 11.2 Å². The van der Waals surface area contributed by atoms with Gasteiger partial charge in [-0.25, -0.2) is 14.6 Å². The van der Waals surface area contributed by atoms with Gasteiger partial charge in [-0.3, -0.25) is 9.59 Å². The molecule has 4 aromatic rings. The molecule has 2 amide bonds. The topological polar surface area (TPSA) is 115 Å². The first-order valence-electron chi connectivity index (χ1n) is 9.88. The summed E-state index contributed by atoms with van der Waals surface area (Å²) in [5.41, 5.74) is 4.79. The molecule has 0 spiro atoms. The number of anilines is 2. The maximum Gasteiger partial charge on any atom is 0.234 e. The number of carbonyl (C=O) groups excluding carboxylic acids is 2. The molecule has 0 atom stereocenters. The van der Waals surface area contributed by atoms with E-state index in [1.165, 1.54) is 30.6 Å². The van der Waals surface area contributed by atoms with E-state index < -0.39 is 0 Å². The summed E-state index contributed by atoms with van der Waals surface area (Å²) in [7, 11) is 0. The monoisotopic (exact) mass is 447 g/mol. The third-order valence-corrected chi connectivity index (χ3v) is 5.53. The number of fused-ring (bicyclic) bond motifs is 1. The fourth-order valence-electron chi connectivity index (χ4n) is 3.02. The van der Waals surface area contributed by atoms with Crippen LogP contribution in [-0.4, -0.2) is 42.5 Å². The molecular weight excluding hydrogens is 426 g/mol. The molecule has 2 aromatic carbocycles. The maximum absolute atomic E-state index is 12.4. The summed E-state index contributed by atoms with van der Waals surface area (Å²) >= 11 is 1.27. The van der Waals surface area contributed by atoms with E-state index >= 15 is 0 Å². The van der Waals surface area contributed by atoms with Gasteiger partial charge < -0.3 is 10.6 Å². The number of nitrogens with one attached hydrogen (secondary N) is 2. The van der Waals surface area contributed by atoms with Gasteiger partial charge in [0, 0.05) is 18.3 Å². The van der Waals surface area contributed by atoms with Crippen molar-refractivity contribution in [3.8, 4) is 0 Å². The number of benzene rings is 2. The molecule has 2 N–H and O–H groups in total. The summed E-state index contributed by atoms with van der Waals surface area (Å²) in [5, 5.41) is 14.6. The molecule has 0 saturated heterocycles. The van der Waals surface area contributed by atoms with Crippen LogP contribution >= 0.6 is 11.8 Å². The summed E-state index contributed by atoms with van der Waals surface area (Å²) in [6.45, 7) is 4.04. The Balaban J connectivity index is 1.40. The van der Waals surface area contributed by atoms with E-state index in [1.807, 2.05) is 19.1 Å². The molecule has 0 saturated carbocycles. The third-order valence-electron chi connectivity index (χ3n) is 4.55. The van der Waals surface area contributed by atoms with E-state index in [0.29, 0.717) is 34.1 Å². The van der Waals surface area contributed by atoms with Crippen LogP contribution in [0.15, 0.2) is 59.9 Å². The Hall–Kier alpha value is -3.79. The van der Waals surface area contributed by atoms with Crippen LogP contribution in [0.5, 0.6) is 0 Å². The predicted octanol–water partition coefficient (Wildman–Crippen LogP) is 3.27. The summed E-state index contributed by atoms with van der Waals surface area (Å²) in [6.07, 6.45) is 1.46. The van der Waals surface area contributed by atoms with Crippen LogP contribution < -0.4 is 10.6 Å². The van der Waals surface area contributed by atoms with Gasteiger partial charge in [-0.05, 0) is 36.8 Å². The zero-order valence-corrected chi connectivity index (χ0v) is 18.4. The summed E-state index contributed by atoms with van der Waals surface area (Å²) in [5.74, 6) is -0.170. The summed E-state index contributed by atoms with van der Waals surface area (Å²) in [6, 6.07) is 15.1. The van der Waals surface area contributed by atoms with Gasteiger partial charge >= 0.3 is 0 Å². The van der Waals surface area contributed by atoms with Crippen molar-refractivity contribution in [2.75, 3.05) is 16.4 Å². The van der Waals surface area contributed by atoms with E-state index in [4.69, 9.17) is 0 Å². The van der Waals surface area contributed by atoms with E-state index in [1.54, 1.807) is 28.9 Å². The highest BCUT2D eigenvalue weighted by Crippen LogP contribution is 2.23. The molecular formula is C22H21N7O2S. The molecule has 10 heteroatoms. The molecule has 2 heterocycles. The molecule has 2 aromatic heterocycles. The molecule has 32 heavy (non-hydrogen) atoms. The summed E-state index contributed by atoms with van der Waals surface area (Å²) < 4.78 is 1.72. The highest BCUT2D eigenvalue weighted by molar-refractivity contribution is 8.00. The van der Waals surface area contributed by atoms with E-state index in [0.717, 1.165) is 5.56 Å². The lowest BCUT2D eigenvalue weighted by Crippen LogP contribution is -2.14. The van der Waals surface area contributed by atoms with Crippen LogP contribution in [0, 0.1) is 6.92 Å². The predicted molar refractivity (Wildman–Crippen MR) is 123 cm³/mol. The lowest BCUT2D eigenvalue weighted by atomic mass is 10.1. The first kappa shape index (κ1) is 21.4. The minimum Gasteiger partial charge on any atom is -0.326 e. The molecule has 4 rings (SSSR count). The average Bonchev–Trinajstić information content (AvgIpc) is 3.18. The molecule has 0 aliphatic rings. The molecule has 0 bridgehead atoms. The van der Waals surface area contributed by atoms with E-state index in [9.17, 15) is 9.59 Å². The Kier molecular flexibility index (Phi) is 6.41. The van der Waals surface area contributed by atoms with Crippen molar-refractivity contribution in [1.29, 1.82) is 0 Å². The highest BCUT2D eigenvalue weighted by Gasteiger charge is 2.14. The fraction of sp³-hybridized carbons (Fsp3) is 0.182. The molecule has 0 radical (unpaired) electrons.